The highest BCUT2D eigenvalue weighted by Gasteiger charge is 2.39. The quantitative estimate of drug-likeness (QED) is 0.672. The standard InChI is InChI=1S/C17H31NO/c1-4-7-9-12-16(18-15-5-2)17(19-6-3)13-10-8-11-14-17/h16,18H,5-6,8-15H2,1-3H3. The van der Waals surface area contributed by atoms with Gasteiger partial charge in [0.15, 0.2) is 0 Å². The zero-order chi connectivity index (χ0) is 14.0. The smallest absolute Gasteiger partial charge is 0.0834 e. The Morgan fingerprint density at radius 1 is 1.21 bits per heavy atom. The molecule has 1 saturated carbocycles. The molecule has 1 N–H and O–H groups in total. The maximum absolute atomic E-state index is 6.25. The van der Waals surface area contributed by atoms with Crippen LogP contribution in [0.4, 0.5) is 0 Å². The van der Waals surface area contributed by atoms with Gasteiger partial charge in [-0.15, -0.1) is 11.8 Å². The minimum absolute atomic E-state index is 0.0671. The first-order chi connectivity index (χ1) is 9.29. The van der Waals surface area contributed by atoms with E-state index in [1.54, 1.807) is 0 Å². The van der Waals surface area contributed by atoms with Crippen LogP contribution in [0.5, 0.6) is 0 Å². The molecule has 1 aliphatic carbocycles. The van der Waals surface area contributed by atoms with E-state index in [2.05, 4.69) is 31.0 Å². The number of nitrogens with one attached hydrogen (secondary N) is 1. The van der Waals surface area contributed by atoms with Crippen molar-refractivity contribution in [1.29, 1.82) is 0 Å². The van der Waals surface area contributed by atoms with Gasteiger partial charge in [-0.2, -0.15) is 0 Å². The normalized spacial score (nSPS) is 19.5. The van der Waals surface area contributed by atoms with Crippen LogP contribution >= 0.6 is 0 Å². The second-order valence-corrected chi connectivity index (χ2v) is 5.53. The van der Waals surface area contributed by atoms with E-state index in [4.69, 9.17) is 4.74 Å². The Hall–Kier alpha value is -0.520. The van der Waals surface area contributed by atoms with Crippen molar-refractivity contribution in [3.05, 3.63) is 0 Å². The zero-order valence-electron chi connectivity index (χ0n) is 13.1. The van der Waals surface area contributed by atoms with Crippen molar-refractivity contribution in [2.75, 3.05) is 13.2 Å². The molecule has 0 aromatic carbocycles. The molecular weight excluding hydrogens is 234 g/mol. The van der Waals surface area contributed by atoms with Crippen LogP contribution in [0.15, 0.2) is 0 Å². The Morgan fingerprint density at radius 3 is 2.53 bits per heavy atom. The summed E-state index contributed by atoms with van der Waals surface area (Å²) < 4.78 is 6.25. The van der Waals surface area contributed by atoms with Gasteiger partial charge in [0.05, 0.1) is 5.60 Å². The van der Waals surface area contributed by atoms with E-state index < -0.39 is 0 Å². The van der Waals surface area contributed by atoms with Crippen LogP contribution in [0.2, 0.25) is 0 Å². The average Bonchev–Trinajstić information content (AvgIpc) is 2.44. The van der Waals surface area contributed by atoms with E-state index in [-0.39, 0.29) is 5.60 Å². The maximum Gasteiger partial charge on any atom is 0.0834 e. The van der Waals surface area contributed by atoms with Gasteiger partial charge in [0.2, 0.25) is 0 Å². The molecule has 0 saturated heterocycles. The molecule has 1 fully saturated rings. The Labute approximate surface area is 119 Å². The van der Waals surface area contributed by atoms with Crippen LogP contribution in [0.3, 0.4) is 0 Å². The molecule has 0 amide bonds. The fourth-order valence-electron chi connectivity index (χ4n) is 3.24. The summed E-state index contributed by atoms with van der Waals surface area (Å²) in [6, 6.07) is 0.466. The third-order valence-corrected chi connectivity index (χ3v) is 4.14. The molecule has 0 radical (unpaired) electrons. The first kappa shape index (κ1) is 16.5. The minimum atomic E-state index is 0.0671. The summed E-state index contributed by atoms with van der Waals surface area (Å²) >= 11 is 0. The van der Waals surface area contributed by atoms with E-state index in [0.29, 0.717) is 6.04 Å². The SMILES string of the molecule is CC#CCCC(NCCC)C1(OCC)CCCCC1. The third-order valence-electron chi connectivity index (χ3n) is 4.14. The molecule has 0 aromatic heterocycles. The molecule has 0 aliphatic heterocycles. The summed E-state index contributed by atoms with van der Waals surface area (Å²) in [5.74, 6) is 6.22. The molecule has 1 aliphatic rings. The van der Waals surface area contributed by atoms with Crippen LogP contribution in [0.25, 0.3) is 0 Å². The Balaban J connectivity index is 2.71. The minimum Gasteiger partial charge on any atom is -0.374 e. The molecule has 1 atom stereocenters. The zero-order valence-corrected chi connectivity index (χ0v) is 13.1. The summed E-state index contributed by atoms with van der Waals surface area (Å²) in [5.41, 5.74) is 0.0671. The predicted octanol–water partition coefficient (Wildman–Crippen LogP) is 3.90. The lowest BCUT2D eigenvalue weighted by Crippen LogP contribution is -2.54. The maximum atomic E-state index is 6.25. The van der Waals surface area contributed by atoms with Gasteiger partial charge >= 0.3 is 0 Å². The van der Waals surface area contributed by atoms with Crippen molar-refractivity contribution in [2.24, 2.45) is 0 Å². The largest absolute Gasteiger partial charge is 0.374 e. The molecule has 2 nitrogen and oxygen atoms in total. The first-order valence-electron chi connectivity index (χ1n) is 8.06. The lowest BCUT2D eigenvalue weighted by molar-refractivity contribution is -0.0911. The van der Waals surface area contributed by atoms with Crippen LogP contribution < -0.4 is 5.32 Å². The van der Waals surface area contributed by atoms with Gasteiger partial charge in [-0.3, -0.25) is 0 Å². The average molecular weight is 265 g/mol. The predicted molar refractivity (Wildman–Crippen MR) is 82.2 cm³/mol. The Bertz CT molecular complexity index is 278. The molecule has 2 heteroatoms. The molecule has 19 heavy (non-hydrogen) atoms. The lowest BCUT2D eigenvalue weighted by Gasteiger charge is -2.43. The van der Waals surface area contributed by atoms with E-state index in [0.717, 1.165) is 26.0 Å². The molecule has 1 rings (SSSR count). The molecule has 0 aromatic rings. The van der Waals surface area contributed by atoms with Crippen molar-refractivity contribution >= 4 is 0 Å². The Kier molecular flexibility index (Phi) is 8.18. The van der Waals surface area contributed by atoms with Gasteiger partial charge in [-0.25, -0.2) is 0 Å². The molecule has 0 spiro atoms. The number of ether oxygens (including phenoxy) is 1. The van der Waals surface area contributed by atoms with Gasteiger partial charge < -0.3 is 10.1 Å². The molecule has 0 bridgehead atoms. The van der Waals surface area contributed by atoms with Gasteiger partial charge in [-0.1, -0.05) is 26.2 Å². The highest BCUT2D eigenvalue weighted by Crippen LogP contribution is 2.36. The lowest BCUT2D eigenvalue weighted by atomic mass is 9.77. The number of hydrogen-bond acceptors (Lipinski definition) is 2. The van der Waals surface area contributed by atoms with Gasteiger partial charge in [0, 0.05) is 19.1 Å². The van der Waals surface area contributed by atoms with Crippen LogP contribution in [0.1, 0.15) is 72.1 Å². The van der Waals surface area contributed by atoms with Crippen molar-refractivity contribution in [1.82, 2.24) is 5.32 Å². The summed E-state index contributed by atoms with van der Waals surface area (Å²) in [4.78, 5) is 0. The fraction of sp³-hybridized carbons (Fsp3) is 0.882. The molecule has 1 unspecified atom stereocenters. The van der Waals surface area contributed by atoms with E-state index in [1.807, 2.05) is 6.92 Å². The van der Waals surface area contributed by atoms with Crippen LogP contribution in [-0.4, -0.2) is 24.8 Å². The van der Waals surface area contributed by atoms with Crippen molar-refractivity contribution < 1.29 is 4.74 Å². The van der Waals surface area contributed by atoms with E-state index in [1.165, 1.54) is 38.5 Å². The third kappa shape index (κ3) is 5.16. The number of hydrogen-bond donors (Lipinski definition) is 1. The summed E-state index contributed by atoms with van der Waals surface area (Å²) in [6.07, 6.45) is 9.67. The second kappa shape index (κ2) is 9.39. The van der Waals surface area contributed by atoms with Crippen molar-refractivity contribution in [2.45, 2.75) is 83.8 Å². The summed E-state index contributed by atoms with van der Waals surface area (Å²) in [5, 5.41) is 3.73. The molecular formula is C17H31NO. The fourth-order valence-corrected chi connectivity index (χ4v) is 3.24. The first-order valence-corrected chi connectivity index (χ1v) is 8.06. The van der Waals surface area contributed by atoms with Gasteiger partial charge in [-0.05, 0) is 46.1 Å². The molecule has 110 valence electrons. The summed E-state index contributed by atoms with van der Waals surface area (Å²) in [7, 11) is 0. The molecule has 0 heterocycles. The van der Waals surface area contributed by atoms with Gasteiger partial charge in [0.1, 0.15) is 0 Å². The van der Waals surface area contributed by atoms with Gasteiger partial charge in [0.25, 0.3) is 0 Å². The number of rotatable bonds is 8. The highest BCUT2D eigenvalue weighted by atomic mass is 16.5. The van der Waals surface area contributed by atoms with Crippen LogP contribution in [0, 0.1) is 11.8 Å². The van der Waals surface area contributed by atoms with Crippen molar-refractivity contribution in [3.63, 3.8) is 0 Å². The Morgan fingerprint density at radius 2 is 1.95 bits per heavy atom. The topological polar surface area (TPSA) is 21.3 Å². The highest BCUT2D eigenvalue weighted by molar-refractivity contribution is 5.00. The van der Waals surface area contributed by atoms with E-state index in [9.17, 15) is 0 Å². The monoisotopic (exact) mass is 265 g/mol. The summed E-state index contributed by atoms with van der Waals surface area (Å²) in [6.45, 7) is 8.18. The van der Waals surface area contributed by atoms with Crippen LogP contribution in [-0.2, 0) is 4.74 Å². The van der Waals surface area contributed by atoms with E-state index >= 15 is 0 Å². The second-order valence-electron chi connectivity index (χ2n) is 5.53. The van der Waals surface area contributed by atoms with Crippen molar-refractivity contribution in [3.8, 4) is 11.8 Å².